The van der Waals surface area contributed by atoms with Crippen molar-refractivity contribution in [3.05, 3.63) is 35.9 Å². The fourth-order valence-electron chi connectivity index (χ4n) is 4.28. The average molecular weight is 426 g/mol. The molecule has 0 saturated carbocycles. The van der Waals surface area contributed by atoms with Crippen LogP contribution in [0.5, 0.6) is 0 Å². The maximum atomic E-state index is 12.6. The van der Waals surface area contributed by atoms with Gasteiger partial charge in [0.25, 0.3) is 0 Å². The Kier molecular flexibility index (Phi) is 8.39. The van der Waals surface area contributed by atoms with Gasteiger partial charge in [-0.2, -0.15) is 13.2 Å². The summed E-state index contributed by atoms with van der Waals surface area (Å²) in [6.07, 6.45) is -1.23. The summed E-state index contributed by atoms with van der Waals surface area (Å²) in [5.41, 5.74) is 1.37. The van der Waals surface area contributed by atoms with Crippen molar-refractivity contribution in [3.8, 4) is 0 Å². The molecule has 5 nitrogen and oxygen atoms in total. The Morgan fingerprint density at radius 1 is 1.10 bits per heavy atom. The van der Waals surface area contributed by atoms with Crippen molar-refractivity contribution in [2.45, 2.75) is 38.4 Å². The van der Waals surface area contributed by atoms with Gasteiger partial charge in [-0.05, 0) is 44.2 Å². The van der Waals surface area contributed by atoms with E-state index >= 15 is 0 Å². The number of rotatable bonds is 8. The fraction of sp³-hybridized carbons (Fsp3) is 0.682. The van der Waals surface area contributed by atoms with Crippen LogP contribution in [0.3, 0.4) is 0 Å². The molecule has 2 unspecified atom stereocenters. The van der Waals surface area contributed by atoms with Gasteiger partial charge in [0.15, 0.2) is 5.96 Å². The highest BCUT2D eigenvalue weighted by molar-refractivity contribution is 5.80. The molecule has 0 bridgehead atoms. The number of benzene rings is 1. The molecule has 1 aromatic rings. The van der Waals surface area contributed by atoms with E-state index in [1.165, 1.54) is 10.5 Å². The van der Waals surface area contributed by atoms with Gasteiger partial charge < -0.3 is 15.5 Å². The Hall–Kier alpha value is -1.80. The van der Waals surface area contributed by atoms with E-state index in [0.717, 1.165) is 51.5 Å². The van der Waals surface area contributed by atoms with Gasteiger partial charge in [0.2, 0.25) is 0 Å². The quantitative estimate of drug-likeness (QED) is 0.497. The van der Waals surface area contributed by atoms with E-state index in [1.807, 2.05) is 13.0 Å². The molecule has 3 rings (SSSR count). The SMILES string of the molecule is CCNC(=NCC1CCN(CCc2ccccc2)C1)NC1CCN(CC(F)(F)F)C1. The van der Waals surface area contributed by atoms with Gasteiger partial charge >= 0.3 is 6.18 Å². The van der Waals surface area contributed by atoms with E-state index in [4.69, 9.17) is 4.99 Å². The highest BCUT2D eigenvalue weighted by atomic mass is 19.4. The van der Waals surface area contributed by atoms with Gasteiger partial charge in [-0.1, -0.05) is 30.3 Å². The second-order valence-electron chi connectivity index (χ2n) is 8.39. The van der Waals surface area contributed by atoms with Crippen molar-refractivity contribution < 1.29 is 13.2 Å². The molecule has 0 aliphatic carbocycles. The number of aliphatic imine (C=N–C) groups is 1. The van der Waals surface area contributed by atoms with Crippen LogP contribution in [0, 0.1) is 5.92 Å². The first-order chi connectivity index (χ1) is 14.4. The number of nitrogens with zero attached hydrogens (tertiary/aromatic N) is 3. The lowest BCUT2D eigenvalue weighted by Gasteiger charge is -2.20. The van der Waals surface area contributed by atoms with E-state index < -0.39 is 12.7 Å². The zero-order chi connectivity index (χ0) is 21.4. The molecule has 30 heavy (non-hydrogen) atoms. The lowest BCUT2D eigenvalue weighted by molar-refractivity contribution is -0.143. The van der Waals surface area contributed by atoms with Crippen LogP contribution >= 0.6 is 0 Å². The molecule has 2 atom stereocenters. The first-order valence-corrected chi connectivity index (χ1v) is 11.0. The van der Waals surface area contributed by atoms with Crippen LogP contribution in [-0.2, 0) is 6.42 Å². The van der Waals surface area contributed by atoms with Crippen molar-refractivity contribution in [2.75, 3.05) is 52.4 Å². The first-order valence-electron chi connectivity index (χ1n) is 11.0. The molecule has 0 spiro atoms. The fourth-order valence-corrected chi connectivity index (χ4v) is 4.28. The van der Waals surface area contributed by atoms with E-state index in [0.29, 0.717) is 25.4 Å². The van der Waals surface area contributed by atoms with Gasteiger partial charge in [-0.3, -0.25) is 9.89 Å². The number of alkyl halides is 3. The Morgan fingerprint density at radius 3 is 2.60 bits per heavy atom. The number of hydrogen-bond donors (Lipinski definition) is 2. The molecule has 2 heterocycles. The average Bonchev–Trinajstić information content (AvgIpc) is 3.33. The molecule has 2 aliphatic rings. The van der Waals surface area contributed by atoms with Gasteiger partial charge in [-0.15, -0.1) is 0 Å². The Bertz CT molecular complexity index is 664. The maximum absolute atomic E-state index is 12.6. The van der Waals surface area contributed by atoms with Crippen molar-refractivity contribution in [2.24, 2.45) is 10.9 Å². The minimum atomic E-state index is -4.14. The van der Waals surface area contributed by atoms with Gasteiger partial charge in [-0.25, -0.2) is 0 Å². The van der Waals surface area contributed by atoms with Crippen molar-refractivity contribution >= 4 is 5.96 Å². The Labute approximate surface area is 177 Å². The smallest absolute Gasteiger partial charge is 0.357 e. The Morgan fingerprint density at radius 2 is 1.87 bits per heavy atom. The molecule has 1 aromatic carbocycles. The van der Waals surface area contributed by atoms with Crippen molar-refractivity contribution in [1.29, 1.82) is 0 Å². The topological polar surface area (TPSA) is 42.9 Å². The summed E-state index contributed by atoms with van der Waals surface area (Å²) in [6, 6.07) is 10.6. The predicted octanol–water partition coefficient (Wildman–Crippen LogP) is 2.74. The highest BCUT2D eigenvalue weighted by Gasteiger charge is 2.34. The summed E-state index contributed by atoms with van der Waals surface area (Å²) < 4.78 is 37.8. The summed E-state index contributed by atoms with van der Waals surface area (Å²) in [5.74, 6) is 1.25. The van der Waals surface area contributed by atoms with Gasteiger partial charge in [0.1, 0.15) is 0 Å². The van der Waals surface area contributed by atoms with Crippen LogP contribution in [0.1, 0.15) is 25.3 Å². The van der Waals surface area contributed by atoms with Crippen LogP contribution in [0.2, 0.25) is 0 Å². The molecule has 2 aliphatic heterocycles. The summed E-state index contributed by atoms with van der Waals surface area (Å²) in [4.78, 5) is 8.70. The molecular weight excluding hydrogens is 391 g/mol. The Balaban J connectivity index is 1.41. The zero-order valence-electron chi connectivity index (χ0n) is 17.8. The monoisotopic (exact) mass is 425 g/mol. The number of hydrogen-bond acceptors (Lipinski definition) is 3. The molecule has 0 aromatic heterocycles. The molecular formula is C22H34F3N5. The molecule has 168 valence electrons. The number of likely N-dealkylation sites (tertiary alicyclic amines) is 2. The maximum Gasteiger partial charge on any atom is 0.401 e. The number of halogens is 3. The molecule has 0 radical (unpaired) electrons. The summed E-state index contributed by atoms with van der Waals surface area (Å²) in [7, 11) is 0. The lowest BCUT2D eigenvalue weighted by Crippen LogP contribution is -2.45. The number of guanidine groups is 1. The molecule has 0 amide bonds. The second-order valence-corrected chi connectivity index (χ2v) is 8.39. The van der Waals surface area contributed by atoms with Crippen LogP contribution in [0.15, 0.2) is 35.3 Å². The minimum Gasteiger partial charge on any atom is -0.357 e. The molecule has 2 N–H and O–H groups in total. The summed E-state index contributed by atoms with van der Waals surface area (Å²) in [6.45, 7) is 6.75. The van der Waals surface area contributed by atoms with E-state index in [9.17, 15) is 13.2 Å². The van der Waals surface area contributed by atoms with E-state index in [1.54, 1.807) is 0 Å². The van der Waals surface area contributed by atoms with Gasteiger partial charge in [0.05, 0.1) is 6.54 Å². The highest BCUT2D eigenvalue weighted by Crippen LogP contribution is 2.20. The number of nitrogens with one attached hydrogen (secondary N) is 2. The van der Waals surface area contributed by atoms with Crippen molar-refractivity contribution in [3.63, 3.8) is 0 Å². The minimum absolute atomic E-state index is 0.0103. The van der Waals surface area contributed by atoms with Crippen LogP contribution < -0.4 is 10.6 Å². The lowest BCUT2D eigenvalue weighted by atomic mass is 10.1. The zero-order valence-corrected chi connectivity index (χ0v) is 17.8. The molecule has 8 heteroatoms. The van der Waals surface area contributed by atoms with Crippen molar-refractivity contribution in [1.82, 2.24) is 20.4 Å². The van der Waals surface area contributed by atoms with E-state index in [2.05, 4.69) is 39.8 Å². The molecule has 2 fully saturated rings. The normalized spacial score (nSPS) is 23.8. The summed E-state index contributed by atoms with van der Waals surface area (Å²) in [5, 5.41) is 6.57. The van der Waals surface area contributed by atoms with Crippen LogP contribution in [0.25, 0.3) is 0 Å². The largest absolute Gasteiger partial charge is 0.401 e. The van der Waals surface area contributed by atoms with Crippen LogP contribution in [0.4, 0.5) is 13.2 Å². The third kappa shape index (κ3) is 7.80. The van der Waals surface area contributed by atoms with Gasteiger partial charge in [0, 0.05) is 45.3 Å². The van der Waals surface area contributed by atoms with Crippen LogP contribution in [-0.4, -0.2) is 80.3 Å². The third-order valence-electron chi connectivity index (χ3n) is 5.80. The first kappa shape index (κ1) is 22.9. The summed E-state index contributed by atoms with van der Waals surface area (Å²) >= 11 is 0. The third-order valence-corrected chi connectivity index (χ3v) is 5.80. The van der Waals surface area contributed by atoms with E-state index in [-0.39, 0.29) is 6.04 Å². The standard InChI is InChI=1S/C22H34F3N5/c1-2-26-21(28-20-10-13-30(16-20)17-22(23,24)25)27-14-19-9-12-29(15-19)11-8-18-6-4-3-5-7-18/h3-7,19-20H,2,8-17H2,1H3,(H2,26,27,28). The molecule has 2 saturated heterocycles. The predicted molar refractivity (Wildman–Crippen MR) is 115 cm³/mol. The second kappa shape index (κ2) is 11.0.